The topological polar surface area (TPSA) is 86.8 Å². The minimum atomic E-state index is -3.37. The molecule has 1 aliphatic rings. The molecule has 1 heterocycles. The summed E-state index contributed by atoms with van der Waals surface area (Å²) in [6.07, 6.45) is 0.434. The third kappa shape index (κ3) is 5.02. The number of rotatable bonds is 6. The van der Waals surface area contributed by atoms with Crippen LogP contribution < -0.4 is 5.32 Å². The Morgan fingerprint density at radius 1 is 1.20 bits per heavy atom. The normalized spacial score (nSPS) is 18.8. The molecule has 0 saturated carbocycles. The second kappa shape index (κ2) is 8.44. The van der Waals surface area contributed by atoms with Gasteiger partial charge in [0.15, 0.2) is 9.84 Å². The van der Waals surface area contributed by atoms with Gasteiger partial charge < -0.3 is 10.2 Å². The molecule has 2 amide bonds. The van der Waals surface area contributed by atoms with E-state index in [0.717, 1.165) is 0 Å². The molecule has 0 aromatic heterocycles. The molecule has 1 aliphatic heterocycles. The smallest absolute Gasteiger partial charge is 0.238 e. The number of benzene rings is 1. The number of carbonyl (C=O) groups is 2. The number of nitrogens with zero attached hydrogens (tertiary/aromatic N) is 2. The van der Waals surface area contributed by atoms with Gasteiger partial charge in [-0.2, -0.15) is 0 Å². The Morgan fingerprint density at radius 2 is 1.88 bits per heavy atom. The van der Waals surface area contributed by atoms with Gasteiger partial charge in [-0.15, -0.1) is 0 Å². The van der Waals surface area contributed by atoms with Crippen molar-refractivity contribution in [1.82, 2.24) is 15.1 Å². The number of hydrogen-bond donors (Lipinski definition) is 1. The van der Waals surface area contributed by atoms with Crippen LogP contribution in [0.4, 0.5) is 0 Å². The van der Waals surface area contributed by atoms with Crippen LogP contribution in [0.3, 0.4) is 0 Å². The van der Waals surface area contributed by atoms with Crippen LogP contribution in [0.2, 0.25) is 0 Å². The fourth-order valence-electron chi connectivity index (χ4n) is 2.87. The highest BCUT2D eigenvalue weighted by atomic mass is 32.2. The highest BCUT2D eigenvalue weighted by Gasteiger charge is 2.31. The summed E-state index contributed by atoms with van der Waals surface area (Å²) in [5.41, 5.74) is 0. The Morgan fingerprint density at radius 3 is 2.52 bits per heavy atom. The Kier molecular flexibility index (Phi) is 6.55. The lowest BCUT2D eigenvalue weighted by molar-refractivity contribution is -0.137. The molecule has 7 nitrogen and oxygen atoms in total. The van der Waals surface area contributed by atoms with Gasteiger partial charge >= 0.3 is 0 Å². The molecular weight excluding hydrogens is 342 g/mol. The highest BCUT2D eigenvalue weighted by Crippen LogP contribution is 2.14. The van der Waals surface area contributed by atoms with Crippen LogP contribution in [0.25, 0.3) is 0 Å². The van der Waals surface area contributed by atoms with Crippen molar-refractivity contribution in [2.24, 2.45) is 0 Å². The molecule has 0 aliphatic carbocycles. The van der Waals surface area contributed by atoms with E-state index in [0.29, 0.717) is 19.6 Å². The summed E-state index contributed by atoms with van der Waals surface area (Å²) in [6.45, 7) is 1.50. The van der Waals surface area contributed by atoms with Crippen LogP contribution in [0.15, 0.2) is 35.2 Å². The van der Waals surface area contributed by atoms with E-state index in [-0.39, 0.29) is 41.3 Å². The summed E-state index contributed by atoms with van der Waals surface area (Å²) in [6, 6.07) is 7.88. The lowest BCUT2D eigenvalue weighted by Crippen LogP contribution is -2.58. The fourth-order valence-corrected chi connectivity index (χ4v) is 4.20. The quantitative estimate of drug-likeness (QED) is 0.772. The molecule has 1 fully saturated rings. The first-order valence-electron chi connectivity index (χ1n) is 8.32. The Balaban J connectivity index is 1.87. The molecule has 1 aromatic rings. The van der Waals surface area contributed by atoms with Crippen LogP contribution in [0.1, 0.15) is 12.8 Å². The van der Waals surface area contributed by atoms with E-state index < -0.39 is 9.84 Å². The van der Waals surface area contributed by atoms with E-state index in [1.807, 2.05) is 11.9 Å². The van der Waals surface area contributed by atoms with Crippen molar-refractivity contribution < 1.29 is 18.0 Å². The van der Waals surface area contributed by atoms with Crippen LogP contribution in [-0.4, -0.2) is 75.6 Å². The SMILES string of the molecule is CNC(=O)[C@H]1CN(C(=O)CCCS(=O)(=O)c2ccccc2)CCN1C. The number of hydrogen-bond acceptors (Lipinski definition) is 5. The second-order valence-electron chi connectivity index (χ2n) is 6.19. The van der Waals surface area contributed by atoms with Gasteiger partial charge in [0.2, 0.25) is 11.8 Å². The molecule has 25 heavy (non-hydrogen) atoms. The predicted molar refractivity (Wildman–Crippen MR) is 94.8 cm³/mol. The van der Waals surface area contributed by atoms with Gasteiger partial charge in [0.25, 0.3) is 0 Å². The number of amides is 2. The standard InChI is InChI=1S/C17H25N3O4S/c1-18-17(22)15-13-20(11-10-19(15)2)16(21)9-6-12-25(23,24)14-7-4-3-5-8-14/h3-5,7-8,15H,6,9-13H2,1-2H3,(H,18,22)/t15-/m1/s1. The van der Waals surface area contributed by atoms with Crippen molar-refractivity contribution >= 4 is 21.7 Å². The van der Waals surface area contributed by atoms with Crippen LogP contribution in [0.5, 0.6) is 0 Å². The number of nitrogens with one attached hydrogen (secondary N) is 1. The van der Waals surface area contributed by atoms with Gasteiger partial charge in [0.1, 0.15) is 6.04 Å². The van der Waals surface area contributed by atoms with E-state index in [4.69, 9.17) is 0 Å². The van der Waals surface area contributed by atoms with Crippen LogP contribution in [-0.2, 0) is 19.4 Å². The average molecular weight is 367 g/mol. The Bertz CT molecular complexity index is 706. The first-order chi connectivity index (χ1) is 11.8. The Labute approximate surface area is 148 Å². The van der Waals surface area contributed by atoms with Crippen molar-refractivity contribution in [3.63, 3.8) is 0 Å². The molecule has 1 saturated heterocycles. The molecule has 0 radical (unpaired) electrons. The number of piperazine rings is 1. The molecular formula is C17H25N3O4S. The third-order valence-corrected chi connectivity index (χ3v) is 6.27. The maximum absolute atomic E-state index is 12.4. The zero-order valence-electron chi connectivity index (χ0n) is 14.6. The summed E-state index contributed by atoms with van der Waals surface area (Å²) in [4.78, 5) is 28.1. The van der Waals surface area contributed by atoms with Crippen molar-refractivity contribution in [2.75, 3.05) is 39.5 Å². The summed E-state index contributed by atoms with van der Waals surface area (Å²) in [5.74, 6) is -0.285. The fraction of sp³-hybridized carbons (Fsp3) is 0.529. The lowest BCUT2D eigenvalue weighted by Gasteiger charge is -2.38. The summed E-state index contributed by atoms with van der Waals surface area (Å²) in [7, 11) is 0.0634. The van der Waals surface area contributed by atoms with Crippen molar-refractivity contribution in [3.8, 4) is 0 Å². The third-order valence-electron chi connectivity index (χ3n) is 4.46. The molecule has 0 bridgehead atoms. The maximum atomic E-state index is 12.4. The number of sulfone groups is 1. The van der Waals surface area contributed by atoms with E-state index in [9.17, 15) is 18.0 Å². The molecule has 0 spiro atoms. The van der Waals surface area contributed by atoms with Crippen LogP contribution in [0, 0.1) is 0 Å². The zero-order chi connectivity index (χ0) is 18.4. The largest absolute Gasteiger partial charge is 0.358 e. The molecule has 8 heteroatoms. The number of carbonyl (C=O) groups excluding carboxylic acids is 2. The van der Waals surface area contributed by atoms with Crippen molar-refractivity contribution in [1.29, 1.82) is 0 Å². The van der Waals surface area contributed by atoms with Gasteiger partial charge in [0, 0.05) is 33.1 Å². The summed E-state index contributed by atoms with van der Waals surface area (Å²) < 4.78 is 24.5. The minimum Gasteiger partial charge on any atom is -0.358 e. The highest BCUT2D eigenvalue weighted by molar-refractivity contribution is 7.91. The molecule has 0 unspecified atom stereocenters. The molecule has 1 aromatic carbocycles. The molecule has 2 rings (SSSR count). The van der Waals surface area contributed by atoms with Gasteiger partial charge in [-0.25, -0.2) is 8.42 Å². The van der Waals surface area contributed by atoms with E-state index >= 15 is 0 Å². The maximum Gasteiger partial charge on any atom is 0.238 e. The first kappa shape index (κ1) is 19.4. The van der Waals surface area contributed by atoms with E-state index in [2.05, 4.69) is 5.32 Å². The van der Waals surface area contributed by atoms with Gasteiger partial charge in [0.05, 0.1) is 10.6 Å². The number of likely N-dealkylation sites (N-methyl/N-ethyl adjacent to an activating group) is 2. The van der Waals surface area contributed by atoms with E-state index in [1.54, 1.807) is 42.3 Å². The van der Waals surface area contributed by atoms with Gasteiger partial charge in [-0.05, 0) is 25.6 Å². The summed E-state index contributed by atoms with van der Waals surface area (Å²) >= 11 is 0. The van der Waals surface area contributed by atoms with E-state index in [1.165, 1.54) is 0 Å². The second-order valence-corrected chi connectivity index (χ2v) is 8.30. The average Bonchev–Trinajstić information content (AvgIpc) is 2.62. The zero-order valence-corrected chi connectivity index (χ0v) is 15.5. The van der Waals surface area contributed by atoms with Crippen molar-refractivity contribution in [2.45, 2.75) is 23.8 Å². The molecule has 1 atom stereocenters. The minimum absolute atomic E-state index is 0.0601. The molecule has 138 valence electrons. The summed E-state index contributed by atoms with van der Waals surface area (Å²) in [5, 5.41) is 2.61. The monoisotopic (exact) mass is 367 g/mol. The van der Waals surface area contributed by atoms with Gasteiger partial charge in [-0.3, -0.25) is 14.5 Å². The van der Waals surface area contributed by atoms with Gasteiger partial charge in [-0.1, -0.05) is 18.2 Å². The predicted octanol–water partition coefficient (Wildman–Crippen LogP) is 0.129. The van der Waals surface area contributed by atoms with Crippen molar-refractivity contribution in [3.05, 3.63) is 30.3 Å². The first-order valence-corrected chi connectivity index (χ1v) is 9.98. The molecule has 1 N–H and O–H groups in total. The Hall–Kier alpha value is -1.93. The van der Waals surface area contributed by atoms with Crippen LogP contribution >= 0.6 is 0 Å². The lowest BCUT2D eigenvalue weighted by atomic mass is 10.1.